The molecule has 0 aromatic heterocycles. The van der Waals surface area contributed by atoms with Gasteiger partial charge in [-0.25, -0.2) is 4.39 Å². The Kier molecular flexibility index (Phi) is 5.59. The van der Waals surface area contributed by atoms with Crippen LogP contribution in [0.2, 0.25) is 0 Å². The number of methoxy groups -OCH3 is 1. The standard InChI is InChI=1S/C17H26FNO2/c1-17(2,20-3)8-11-21-16-5-4-14(18)12-15(16)13-6-9-19-10-7-13/h4-5,12-13,19H,6-11H2,1-3H3. The van der Waals surface area contributed by atoms with Gasteiger partial charge in [0.25, 0.3) is 0 Å². The van der Waals surface area contributed by atoms with E-state index in [1.807, 2.05) is 13.8 Å². The van der Waals surface area contributed by atoms with E-state index in [0.717, 1.165) is 43.7 Å². The van der Waals surface area contributed by atoms with Crippen LogP contribution in [0, 0.1) is 5.82 Å². The number of hydrogen-bond acceptors (Lipinski definition) is 3. The van der Waals surface area contributed by atoms with E-state index in [1.54, 1.807) is 19.2 Å². The number of halogens is 1. The van der Waals surface area contributed by atoms with E-state index in [9.17, 15) is 4.39 Å². The molecule has 1 heterocycles. The first-order chi connectivity index (χ1) is 10.0. The Labute approximate surface area is 126 Å². The molecule has 1 aliphatic heterocycles. The third-order valence-electron chi connectivity index (χ3n) is 4.27. The van der Waals surface area contributed by atoms with E-state index in [-0.39, 0.29) is 11.4 Å². The largest absolute Gasteiger partial charge is 0.493 e. The molecule has 1 aliphatic rings. The van der Waals surface area contributed by atoms with Crippen molar-refractivity contribution in [3.8, 4) is 5.75 Å². The van der Waals surface area contributed by atoms with Crippen molar-refractivity contribution in [3.63, 3.8) is 0 Å². The summed E-state index contributed by atoms with van der Waals surface area (Å²) in [5.41, 5.74) is 0.807. The van der Waals surface area contributed by atoms with Gasteiger partial charge in [-0.2, -0.15) is 0 Å². The van der Waals surface area contributed by atoms with Crippen LogP contribution in [0.1, 0.15) is 44.6 Å². The average molecular weight is 295 g/mol. The SMILES string of the molecule is COC(C)(C)CCOc1ccc(F)cc1C1CCNCC1. The van der Waals surface area contributed by atoms with E-state index >= 15 is 0 Å². The van der Waals surface area contributed by atoms with Crippen molar-refractivity contribution in [2.24, 2.45) is 0 Å². The fourth-order valence-electron chi connectivity index (χ4n) is 2.61. The van der Waals surface area contributed by atoms with Crippen LogP contribution in [0.3, 0.4) is 0 Å². The third-order valence-corrected chi connectivity index (χ3v) is 4.27. The first-order valence-electron chi connectivity index (χ1n) is 7.70. The Morgan fingerprint density at radius 1 is 1.29 bits per heavy atom. The van der Waals surface area contributed by atoms with Gasteiger partial charge in [-0.3, -0.25) is 0 Å². The van der Waals surface area contributed by atoms with Gasteiger partial charge < -0.3 is 14.8 Å². The molecule has 0 aliphatic carbocycles. The molecule has 1 N–H and O–H groups in total. The quantitative estimate of drug-likeness (QED) is 0.871. The van der Waals surface area contributed by atoms with Crippen LogP contribution in [0.5, 0.6) is 5.75 Å². The molecular formula is C17H26FNO2. The average Bonchev–Trinajstić information content (AvgIpc) is 2.49. The Bertz CT molecular complexity index is 456. The summed E-state index contributed by atoms with van der Waals surface area (Å²) in [6.07, 6.45) is 2.86. The highest BCUT2D eigenvalue weighted by Crippen LogP contribution is 2.33. The summed E-state index contributed by atoms with van der Waals surface area (Å²) in [6, 6.07) is 4.86. The molecule has 0 bridgehead atoms. The molecule has 1 fully saturated rings. The van der Waals surface area contributed by atoms with Crippen LogP contribution in [0.4, 0.5) is 4.39 Å². The minimum absolute atomic E-state index is 0.187. The minimum Gasteiger partial charge on any atom is -0.493 e. The van der Waals surface area contributed by atoms with Crippen LogP contribution < -0.4 is 10.1 Å². The first-order valence-corrected chi connectivity index (χ1v) is 7.70. The highest BCUT2D eigenvalue weighted by molar-refractivity contribution is 5.37. The molecule has 21 heavy (non-hydrogen) atoms. The van der Waals surface area contributed by atoms with Crippen molar-refractivity contribution in [3.05, 3.63) is 29.6 Å². The number of nitrogens with one attached hydrogen (secondary N) is 1. The molecule has 3 nitrogen and oxygen atoms in total. The lowest BCUT2D eigenvalue weighted by Crippen LogP contribution is -2.27. The van der Waals surface area contributed by atoms with Gasteiger partial charge in [0, 0.05) is 19.1 Å². The molecule has 0 amide bonds. The summed E-state index contributed by atoms with van der Waals surface area (Å²) in [5.74, 6) is 1.01. The molecule has 1 saturated heterocycles. The summed E-state index contributed by atoms with van der Waals surface area (Å²) < 4.78 is 24.9. The monoisotopic (exact) mass is 295 g/mol. The zero-order chi connectivity index (χ0) is 15.3. The van der Waals surface area contributed by atoms with Crippen LogP contribution in [-0.4, -0.2) is 32.4 Å². The van der Waals surface area contributed by atoms with Crippen molar-refractivity contribution >= 4 is 0 Å². The fraction of sp³-hybridized carbons (Fsp3) is 0.647. The Balaban J connectivity index is 2.04. The number of benzene rings is 1. The van der Waals surface area contributed by atoms with Crippen LogP contribution in [0.15, 0.2) is 18.2 Å². The van der Waals surface area contributed by atoms with Crippen LogP contribution in [-0.2, 0) is 4.74 Å². The fourth-order valence-corrected chi connectivity index (χ4v) is 2.61. The normalized spacial score (nSPS) is 17.0. The molecule has 4 heteroatoms. The van der Waals surface area contributed by atoms with Gasteiger partial charge in [-0.15, -0.1) is 0 Å². The van der Waals surface area contributed by atoms with Gasteiger partial charge in [0.2, 0.25) is 0 Å². The van der Waals surface area contributed by atoms with E-state index in [4.69, 9.17) is 9.47 Å². The maximum absolute atomic E-state index is 13.6. The number of rotatable bonds is 6. The first kappa shape index (κ1) is 16.2. The minimum atomic E-state index is -0.199. The van der Waals surface area contributed by atoms with Gasteiger partial charge in [-0.1, -0.05) is 0 Å². The van der Waals surface area contributed by atoms with Gasteiger partial charge in [-0.05, 0) is 63.9 Å². The second-order valence-corrected chi connectivity index (χ2v) is 6.27. The number of piperidine rings is 1. The molecular weight excluding hydrogens is 269 g/mol. The molecule has 1 aromatic rings. The topological polar surface area (TPSA) is 30.5 Å². The second-order valence-electron chi connectivity index (χ2n) is 6.27. The Morgan fingerprint density at radius 2 is 2.00 bits per heavy atom. The summed E-state index contributed by atoms with van der Waals surface area (Å²) >= 11 is 0. The molecule has 0 spiro atoms. The predicted octanol–water partition coefficient (Wildman–Crippen LogP) is 3.49. The Morgan fingerprint density at radius 3 is 2.67 bits per heavy atom. The van der Waals surface area contributed by atoms with Crippen molar-refractivity contribution in [2.75, 3.05) is 26.8 Å². The zero-order valence-electron chi connectivity index (χ0n) is 13.2. The van der Waals surface area contributed by atoms with E-state index in [1.165, 1.54) is 6.07 Å². The summed E-state index contributed by atoms with van der Waals surface area (Å²) in [6.45, 7) is 6.61. The lowest BCUT2D eigenvalue weighted by atomic mass is 9.89. The van der Waals surface area contributed by atoms with Crippen LogP contribution in [0.25, 0.3) is 0 Å². The third kappa shape index (κ3) is 4.68. The molecule has 0 radical (unpaired) electrons. The number of ether oxygens (including phenoxy) is 2. The molecule has 0 atom stereocenters. The van der Waals surface area contributed by atoms with E-state index in [0.29, 0.717) is 12.5 Å². The van der Waals surface area contributed by atoms with Gasteiger partial charge >= 0.3 is 0 Å². The zero-order valence-corrected chi connectivity index (χ0v) is 13.2. The smallest absolute Gasteiger partial charge is 0.123 e. The van der Waals surface area contributed by atoms with Gasteiger partial charge in [0.05, 0.1) is 12.2 Å². The summed E-state index contributed by atoms with van der Waals surface area (Å²) in [7, 11) is 1.71. The molecule has 1 aromatic carbocycles. The van der Waals surface area contributed by atoms with Gasteiger partial charge in [0.15, 0.2) is 0 Å². The van der Waals surface area contributed by atoms with Gasteiger partial charge in [0.1, 0.15) is 11.6 Å². The molecule has 0 saturated carbocycles. The van der Waals surface area contributed by atoms with Crippen molar-refractivity contribution < 1.29 is 13.9 Å². The van der Waals surface area contributed by atoms with E-state index in [2.05, 4.69) is 5.32 Å². The highest BCUT2D eigenvalue weighted by Gasteiger charge is 2.21. The lowest BCUT2D eigenvalue weighted by molar-refractivity contribution is 0.00533. The number of hydrogen-bond donors (Lipinski definition) is 1. The second kappa shape index (κ2) is 7.23. The maximum Gasteiger partial charge on any atom is 0.123 e. The van der Waals surface area contributed by atoms with Crippen molar-refractivity contribution in [1.82, 2.24) is 5.32 Å². The molecule has 0 unspecified atom stereocenters. The lowest BCUT2D eigenvalue weighted by Gasteiger charge is -2.26. The molecule has 118 valence electrons. The van der Waals surface area contributed by atoms with Crippen molar-refractivity contribution in [1.29, 1.82) is 0 Å². The Hall–Kier alpha value is -1.13. The van der Waals surface area contributed by atoms with Crippen LogP contribution >= 0.6 is 0 Å². The summed E-state index contributed by atoms with van der Waals surface area (Å²) in [4.78, 5) is 0. The maximum atomic E-state index is 13.6. The predicted molar refractivity (Wildman–Crippen MR) is 82.4 cm³/mol. The van der Waals surface area contributed by atoms with E-state index < -0.39 is 0 Å². The molecule has 2 rings (SSSR count). The summed E-state index contributed by atoms with van der Waals surface area (Å²) in [5, 5.41) is 3.34. The van der Waals surface area contributed by atoms with Crippen molar-refractivity contribution in [2.45, 2.75) is 44.6 Å². The highest BCUT2D eigenvalue weighted by atomic mass is 19.1.